The molecule has 0 aliphatic heterocycles. The van der Waals surface area contributed by atoms with Crippen LogP contribution in [0.5, 0.6) is 5.75 Å². The van der Waals surface area contributed by atoms with Crippen molar-refractivity contribution in [3.8, 4) is 17.0 Å². The van der Waals surface area contributed by atoms with Crippen molar-refractivity contribution in [3.05, 3.63) is 28.6 Å². The van der Waals surface area contributed by atoms with Gasteiger partial charge in [-0.2, -0.15) is 0 Å². The van der Waals surface area contributed by atoms with E-state index in [9.17, 15) is 0 Å². The molecule has 0 aliphatic rings. The number of methoxy groups -OCH3 is 1. The highest BCUT2D eigenvalue weighted by Gasteiger charge is 2.12. The lowest BCUT2D eigenvalue weighted by Gasteiger charge is -2.10. The summed E-state index contributed by atoms with van der Waals surface area (Å²) in [7, 11) is 1.68. The van der Waals surface area contributed by atoms with Gasteiger partial charge in [-0.1, -0.05) is 6.07 Å². The molecule has 0 spiro atoms. The Labute approximate surface area is 98.9 Å². The molecule has 2 rings (SSSR count). The van der Waals surface area contributed by atoms with E-state index in [1.807, 2.05) is 12.3 Å². The molecule has 3 nitrogen and oxygen atoms in total. The highest BCUT2D eigenvalue weighted by Crippen LogP contribution is 2.34. The molecule has 0 bridgehead atoms. The second-order valence-electron chi connectivity index (χ2n) is 3.73. The van der Waals surface area contributed by atoms with Gasteiger partial charge in [0.2, 0.25) is 0 Å². The Morgan fingerprint density at radius 1 is 1.31 bits per heavy atom. The second-order valence-corrected chi connectivity index (χ2v) is 4.62. The van der Waals surface area contributed by atoms with Gasteiger partial charge in [0.25, 0.3) is 0 Å². The first-order valence-electron chi connectivity index (χ1n) is 4.98. The van der Waals surface area contributed by atoms with Gasteiger partial charge in [-0.25, -0.2) is 4.98 Å². The van der Waals surface area contributed by atoms with E-state index in [1.165, 1.54) is 16.9 Å². The molecule has 0 saturated carbocycles. The van der Waals surface area contributed by atoms with Crippen molar-refractivity contribution >= 4 is 16.5 Å². The number of anilines is 1. The summed E-state index contributed by atoms with van der Waals surface area (Å²) in [6, 6.07) is 4.17. The molecule has 16 heavy (non-hydrogen) atoms. The smallest absolute Gasteiger partial charge is 0.180 e. The van der Waals surface area contributed by atoms with Crippen molar-refractivity contribution < 1.29 is 4.74 Å². The average molecular weight is 234 g/mol. The molecule has 84 valence electrons. The van der Waals surface area contributed by atoms with Gasteiger partial charge in [-0.05, 0) is 31.0 Å². The Bertz CT molecular complexity index is 520. The van der Waals surface area contributed by atoms with E-state index in [1.54, 1.807) is 7.11 Å². The lowest BCUT2D eigenvalue weighted by molar-refractivity contribution is 0.413. The summed E-state index contributed by atoms with van der Waals surface area (Å²) in [6.07, 6.45) is 0. The van der Waals surface area contributed by atoms with Crippen molar-refractivity contribution in [1.82, 2.24) is 4.98 Å². The quantitative estimate of drug-likeness (QED) is 0.869. The molecule has 0 radical (unpaired) electrons. The van der Waals surface area contributed by atoms with Crippen LogP contribution in [0.2, 0.25) is 0 Å². The van der Waals surface area contributed by atoms with Gasteiger partial charge in [0.1, 0.15) is 5.75 Å². The van der Waals surface area contributed by atoms with Crippen LogP contribution >= 0.6 is 11.3 Å². The van der Waals surface area contributed by atoms with Crippen LogP contribution in [0.4, 0.5) is 5.13 Å². The third-order valence-electron chi connectivity index (χ3n) is 2.42. The predicted molar refractivity (Wildman–Crippen MR) is 68.0 cm³/mol. The molecule has 0 unspecified atom stereocenters. The number of thiazole rings is 1. The molecular weight excluding hydrogens is 220 g/mol. The molecule has 2 N–H and O–H groups in total. The lowest BCUT2D eigenvalue weighted by atomic mass is 10.0. The van der Waals surface area contributed by atoms with Gasteiger partial charge in [0.05, 0.1) is 12.8 Å². The average Bonchev–Trinajstić information content (AvgIpc) is 2.63. The minimum atomic E-state index is 0.580. The third-order valence-corrected chi connectivity index (χ3v) is 3.09. The number of hydrogen-bond donors (Lipinski definition) is 1. The van der Waals surface area contributed by atoms with Gasteiger partial charge in [-0.3, -0.25) is 0 Å². The molecule has 1 heterocycles. The van der Waals surface area contributed by atoms with Gasteiger partial charge in [-0.15, -0.1) is 11.3 Å². The Balaban J connectivity index is 2.63. The molecule has 0 aliphatic carbocycles. The van der Waals surface area contributed by atoms with E-state index in [-0.39, 0.29) is 0 Å². The van der Waals surface area contributed by atoms with Crippen LogP contribution in [0.3, 0.4) is 0 Å². The van der Waals surface area contributed by atoms with E-state index in [4.69, 9.17) is 10.5 Å². The number of ether oxygens (including phenoxy) is 1. The first-order valence-corrected chi connectivity index (χ1v) is 5.86. The number of nitrogens with zero attached hydrogens (tertiary/aromatic N) is 1. The van der Waals surface area contributed by atoms with E-state index < -0.39 is 0 Å². The first-order chi connectivity index (χ1) is 7.61. The Morgan fingerprint density at radius 3 is 2.62 bits per heavy atom. The highest BCUT2D eigenvalue weighted by molar-refractivity contribution is 7.13. The fourth-order valence-corrected chi connectivity index (χ4v) is 2.39. The summed E-state index contributed by atoms with van der Waals surface area (Å²) in [4.78, 5) is 4.29. The number of aryl methyl sites for hydroxylation is 2. The normalized spacial score (nSPS) is 10.4. The Kier molecular flexibility index (Phi) is 2.83. The Hall–Kier alpha value is -1.55. The summed E-state index contributed by atoms with van der Waals surface area (Å²) in [5, 5.41) is 2.53. The van der Waals surface area contributed by atoms with Crippen molar-refractivity contribution in [1.29, 1.82) is 0 Å². The summed E-state index contributed by atoms with van der Waals surface area (Å²) >= 11 is 1.44. The minimum Gasteiger partial charge on any atom is -0.496 e. The monoisotopic (exact) mass is 234 g/mol. The van der Waals surface area contributed by atoms with Gasteiger partial charge in [0, 0.05) is 10.9 Å². The molecule has 0 fully saturated rings. The zero-order chi connectivity index (χ0) is 11.7. The van der Waals surface area contributed by atoms with Crippen LogP contribution < -0.4 is 10.5 Å². The van der Waals surface area contributed by atoms with Crippen molar-refractivity contribution in [3.63, 3.8) is 0 Å². The Morgan fingerprint density at radius 2 is 2.06 bits per heavy atom. The zero-order valence-corrected chi connectivity index (χ0v) is 10.4. The third kappa shape index (κ3) is 1.88. The highest BCUT2D eigenvalue weighted by atomic mass is 32.1. The van der Waals surface area contributed by atoms with Gasteiger partial charge >= 0.3 is 0 Å². The molecular formula is C12H14N2OS. The second kappa shape index (κ2) is 4.14. The maximum atomic E-state index is 5.65. The number of aromatic nitrogens is 1. The van der Waals surface area contributed by atoms with Crippen molar-refractivity contribution in [2.45, 2.75) is 13.8 Å². The SMILES string of the molecule is COc1c(C)cc(C)cc1-c1csc(N)n1. The summed E-state index contributed by atoms with van der Waals surface area (Å²) in [5.41, 5.74) is 9.85. The molecule has 0 saturated heterocycles. The molecule has 1 aromatic carbocycles. The number of hydrogen-bond acceptors (Lipinski definition) is 4. The maximum Gasteiger partial charge on any atom is 0.180 e. The van der Waals surface area contributed by atoms with Crippen molar-refractivity contribution in [2.24, 2.45) is 0 Å². The van der Waals surface area contributed by atoms with Crippen molar-refractivity contribution in [2.75, 3.05) is 12.8 Å². The topological polar surface area (TPSA) is 48.1 Å². The van der Waals surface area contributed by atoms with Crippen LogP contribution in [0, 0.1) is 13.8 Å². The van der Waals surface area contributed by atoms with E-state index >= 15 is 0 Å². The van der Waals surface area contributed by atoms with Crippen LogP contribution in [0.25, 0.3) is 11.3 Å². The fourth-order valence-electron chi connectivity index (χ4n) is 1.83. The zero-order valence-electron chi connectivity index (χ0n) is 9.57. The number of nitrogens with two attached hydrogens (primary N) is 1. The fraction of sp³-hybridized carbons (Fsp3) is 0.250. The maximum absolute atomic E-state index is 5.65. The number of benzene rings is 1. The predicted octanol–water partition coefficient (Wildman–Crippen LogP) is 3.02. The number of nitrogen functional groups attached to an aromatic ring is 1. The molecule has 4 heteroatoms. The molecule has 1 aromatic heterocycles. The van der Waals surface area contributed by atoms with Crippen LogP contribution in [-0.2, 0) is 0 Å². The summed E-state index contributed by atoms with van der Waals surface area (Å²) in [6.45, 7) is 4.09. The van der Waals surface area contributed by atoms with E-state index in [2.05, 4.69) is 24.0 Å². The molecule has 0 atom stereocenters. The summed E-state index contributed by atoms with van der Waals surface area (Å²) < 4.78 is 5.42. The van der Waals surface area contributed by atoms with E-state index in [0.717, 1.165) is 22.6 Å². The molecule has 2 aromatic rings. The van der Waals surface area contributed by atoms with Crippen LogP contribution in [-0.4, -0.2) is 12.1 Å². The largest absolute Gasteiger partial charge is 0.496 e. The number of rotatable bonds is 2. The van der Waals surface area contributed by atoms with Crippen LogP contribution in [0.1, 0.15) is 11.1 Å². The first kappa shape index (κ1) is 11.0. The minimum absolute atomic E-state index is 0.580. The lowest BCUT2D eigenvalue weighted by Crippen LogP contribution is -1.93. The van der Waals surface area contributed by atoms with Gasteiger partial charge < -0.3 is 10.5 Å². The summed E-state index contributed by atoms with van der Waals surface area (Å²) in [5.74, 6) is 0.871. The van der Waals surface area contributed by atoms with E-state index in [0.29, 0.717) is 5.13 Å². The molecule has 0 amide bonds. The standard InChI is InChI=1S/C12H14N2OS/c1-7-4-8(2)11(15-3)9(5-7)10-6-16-12(13)14-10/h4-6H,1-3H3,(H2,13,14). The van der Waals surface area contributed by atoms with Gasteiger partial charge in [0.15, 0.2) is 5.13 Å². The van der Waals surface area contributed by atoms with Crippen LogP contribution in [0.15, 0.2) is 17.5 Å².